The van der Waals surface area contributed by atoms with E-state index >= 15 is 0 Å². The van der Waals surface area contributed by atoms with Gasteiger partial charge in [0.15, 0.2) is 5.69 Å². The number of hydrogen-bond donors (Lipinski definition) is 1. The van der Waals surface area contributed by atoms with Crippen molar-refractivity contribution in [1.82, 2.24) is 14.5 Å². The van der Waals surface area contributed by atoms with Crippen LogP contribution in [-0.4, -0.2) is 40.7 Å². The largest absolute Gasteiger partial charge is 0.464 e. The summed E-state index contributed by atoms with van der Waals surface area (Å²) in [6.45, 7) is 5.82. The third-order valence-electron chi connectivity index (χ3n) is 6.67. The minimum Gasteiger partial charge on any atom is -0.464 e. The number of aromatic nitrogens is 3. The maximum Gasteiger partial charge on any atom is 0.358 e. The highest BCUT2D eigenvalue weighted by atomic mass is 35.5. The van der Waals surface area contributed by atoms with Gasteiger partial charge in [-0.3, -0.25) is 9.36 Å². The molecule has 1 aromatic carbocycles. The molecule has 2 aromatic heterocycles. The Balaban J connectivity index is 1.58. The predicted molar refractivity (Wildman–Crippen MR) is 128 cm³/mol. The van der Waals surface area contributed by atoms with Gasteiger partial charge in [-0.2, -0.15) is 0 Å². The zero-order valence-corrected chi connectivity index (χ0v) is 19.8. The Kier molecular flexibility index (Phi) is 5.28. The number of nitrogens with zero attached hydrogens (tertiary/aromatic N) is 4. The van der Waals surface area contributed by atoms with E-state index < -0.39 is 5.97 Å². The number of piperidine rings is 1. The van der Waals surface area contributed by atoms with E-state index in [0.717, 1.165) is 36.1 Å². The van der Waals surface area contributed by atoms with Gasteiger partial charge < -0.3 is 15.0 Å². The minimum absolute atomic E-state index is 0.0591. The van der Waals surface area contributed by atoms with Crippen LogP contribution in [0.25, 0.3) is 10.9 Å². The summed E-state index contributed by atoms with van der Waals surface area (Å²) in [7, 11) is 3.09. The summed E-state index contributed by atoms with van der Waals surface area (Å²) < 4.78 is 6.52. The molecule has 9 heteroatoms. The molecular formula is C24H26ClN5O3. The number of aryl methyl sites for hydroxylation is 1. The minimum atomic E-state index is -0.580. The predicted octanol–water partition coefficient (Wildman–Crippen LogP) is 3.71. The lowest BCUT2D eigenvalue weighted by Gasteiger charge is -2.24. The molecule has 8 nitrogen and oxygen atoms in total. The lowest BCUT2D eigenvalue weighted by Crippen LogP contribution is -2.31. The number of rotatable bonds is 5. The number of pyridine rings is 1. The number of methoxy groups -OCH3 is 1. The lowest BCUT2D eigenvalue weighted by molar-refractivity contribution is 0.0595. The molecular weight excluding hydrogens is 442 g/mol. The normalized spacial score (nSPS) is 20.0. The van der Waals surface area contributed by atoms with Gasteiger partial charge in [0.1, 0.15) is 5.15 Å². The van der Waals surface area contributed by atoms with Crippen molar-refractivity contribution in [3.63, 3.8) is 0 Å². The number of benzene rings is 1. The summed E-state index contributed by atoms with van der Waals surface area (Å²) in [4.78, 5) is 36.9. The first-order valence-corrected chi connectivity index (χ1v) is 11.4. The first-order valence-electron chi connectivity index (χ1n) is 11.0. The highest BCUT2D eigenvalue weighted by Gasteiger charge is 2.46. The number of halogens is 1. The van der Waals surface area contributed by atoms with Gasteiger partial charge in [-0.25, -0.2) is 14.8 Å². The van der Waals surface area contributed by atoms with Gasteiger partial charge in [-0.05, 0) is 55.9 Å². The number of hydrogen-bond acceptors (Lipinski definition) is 7. The zero-order valence-electron chi connectivity index (χ0n) is 19.1. The summed E-state index contributed by atoms with van der Waals surface area (Å²) in [5.74, 6) is 1.58. The van der Waals surface area contributed by atoms with E-state index in [4.69, 9.17) is 21.3 Å². The summed E-state index contributed by atoms with van der Waals surface area (Å²) in [5.41, 5.74) is 3.05. The van der Waals surface area contributed by atoms with Crippen molar-refractivity contribution in [2.45, 2.75) is 26.3 Å². The van der Waals surface area contributed by atoms with Gasteiger partial charge in [0.05, 0.1) is 29.7 Å². The number of fused-ring (bicyclic) bond motifs is 2. The van der Waals surface area contributed by atoms with Crippen LogP contribution in [0.4, 0.5) is 11.6 Å². The molecule has 1 saturated carbocycles. The van der Waals surface area contributed by atoms with Crippen LogP contribution in [0.3, 0.4) is 0 Å². The molecule has 0 amide bonds. The lowest BCUT2D eigenvalue weighted by atomic mass is 10.0. The Morgan fingerprint density at radius 1 is 1.24 bits per heavy atom. The molecule has 1 aliphatic heterocycles. The fraction of sp³-hybridized carbons (Fsp3) is 0.417. The van der Waals surface area contributed by atoms with Crippen LogP contribution in [0.1, 0.15) is 41.0 Å². The van der Waals surface area contributed by atoms with Crippen molar-refractivity contribution < 1.29 is 9.53 Å². The number of carbonyl (C=O) groups is 1. The topological polar surface area (TPSA) is 89.3 Å². The number of carbonyl (C=O) groups excluding carboxylic acids is 1. The third-order valence-corrected chi connectivity index (χ3v) is 6.88. The number of anilines is 2. The van der Waals surface area contributed by atoms with Crippen LogP contribution in [0.2, 0.25) is 5.15 Å². The maximum absolute atomic E-state index is 13.3. The summed E-state index contributed by atoms with van der Waals surface area (Å²) in [5, 5.41) is 4.12. The van der Waals surface area contributed by atoms with Crippen LogP contribution < -0.4 is 15.8 Å². The molecule has 0 radical (unpaired) electrons. The van der Waals surface area contributed by atoms with Crippen molar-refractivity contribution in [2.24, 2.45) is 18.9 Å². The van der Waals surface area contributed by atoms with E-state index in [1.807, 2.05) is 26.0 Å². The highest BCUT2D eigenvalue weighted by molar-refractivity contribution is 6.29. The first kappa shape index (κ1) is 21.7. The molecule has 2 fully saturated rings. The van der Waals surface area contributed by atoms with Crippen LogP contribution in [0, 0.1) is 18.8 Å². The fourth-order valence-electron chi connectivity index (χ4n) is 4.83. The van der Waals surface area contributed by atoms with Gasteiger partial charge in [-0.15, -0.1) is 0 Å². The van der Waals surface area contributed by atoms with E-state index in [1.165, 1.54) is 13.5 Å². The van der Waals surface area contributed by atoms with Gasteiger partial charge in [-0.1, -0.05) is 17.7 Å². The maximum atomic E-state index is 13.3. The zero-order chi connectivity index (χ0) is 23.4. The second kappa shape index (κ2) is 8.02. The van der Waals surface area contributed by atoms with Gasteiger partial charge in [0.2, 0.25) is 5.95 Å². The Morgan fingerprint density at radius 2 is 1.97 bits per heavy atom. The van der Waals surface area contributed by atoms with Crippen molar-refractivity contribution in [1.29, 1.82) is 0 Å². The van der Waals surface area contributed by atoms with E-state index in [2.05, 4.69) is 15.2 Å². The number of esters is 1. The fourth-order valence-corrected chi connectivity index (χ4v) is 4.98. The summed E-state index contributed by atoms with van der Waals surface area (Å²) in [6, 6.07) is 6.96. The van der Waals surface area contributed by atoms with Crippen molar-refractivity contribution in [3.05, 3.63) is 56.6 Å². The second-order valence-electron chi connectivity index (χ2n) is 9.07. The van der Waals surface area contributed by atoms with E-state index in [1.54, 1.807) is 23.7 Å². The molecule has 33 heavy (non-hydrogen) atoms. The summed E-state index contributed by atoms with van der Waals surface area (Å²) >= 11 is 6.00. The average molecular weight is 468 g/mol. The first-order chi connectivity index (χ1) is 15.8. The third kappa shape index (κ3) is 3.82. The highest BCUT2D eigenvalue weighted by Crippen LogP contribution is 2.46. The molecule has 2 aliphatic rings. The van der Waals surface area contributed by atoms with Gasteiger partial charge in [0, 0.05) is 25.7 Å². The smallest absolute Gasteiger partial charge is 0.358 e. The monoisotopic (exact) mass is 467 g/mol. The van der Waals surface area contributed by atoms with Gasteiger partial charge in [0.25, 0.3) is 5.56 Å². The van der Waals surface area contributed by atoms with Crippen LogP contribution in [0.5, 0.6) is 0 Å². The van der Waals surface area contributed by atoms with Crippen molar-refractivity contribution in [3.8, 4) is 0 Å². The molecule has 0 bridgehead atoms. The van der Waals surface area contributed by atoms with Gasteiger partial charge >= 0.3 is 5.97 Å². The molecule has 172 valence electrons. The molecule has 0 spiro atoms. The van der Waals surface area contributed by atoms with Crippen molar-refractivity contribution >= 4 is 40.1 Å². The SMILES string of the molecule is COC(=O)c1nc(Cl)ccc1N[C@H](C)c1cc(C)cc2c(=O)n(C)c(N3CC4CC4C3)nc12. The molecule has 3 heterocycles. The Morgan fingerprint density at radius 3 is 2.67 bits per heavy atom. The number of ether oxygens (including phenoxy) is 1. The molecule has 1 aliphatic carbocycles. The Labute approximate surface area is 196 Å². The second-order valence-corrected chi connectivity index (χ2v) is 9.46. The molecule has 5 rings (SSSR count). The number of nitrogens with one attached hydrogen (secondary N) is 1. The molecule has 1 N–H and O–H groups in total. The van der Waals surface area contributed by atoms with Crippen molar-refractivity contribution in [2.75, 3.05) is 30.4 Å². The van der Waals surface area contributed by atoms with Crippen LogP contribution >= 0.6 is 11.6 Å². The van der Waals surface area contributed by atoms with E-state index in [-0.39, 0.29) is 22.4 Å². The van der Waals surface area contributed by atoms with Crippen LogP contribution in [0.15, 0.2) is 29.1 Å². The molecule has 1 saturated heterocycles. The van der Waals surface area contributed by atoms with Crippen LogP contribution in [-0.2, 0) is 11.8 Å². The van der Waals surface area contributed by atoms with E-state index in [0.29, 0.717) is 22.5 Å². The molecule has 3 atom stereocenters. The summed E-state index contributed by atoms with van der Waals surface area (Å²) in [6.07, 6.45) is 1.28. The average Bonchev–Trinajstić information content (AvgIpc) is 3.41. The quantitative estimate of drug-likeness (QED) is 0.452. The Hall–Kier alpha value is -3.13. The Bertz CT molecular complexity index is 1330. The standard InChI is InChI=1S/C24H26ClN5O3/c1-12-7-16(13(2)26-18-5-6-19(25)27-21(18)23(32)33-4)20-17(8-12)22(31)29(3)24(28-20)30-10-14-9-15(14)11-30/h5-8,13-15,26H,9-11H2,1-4H3/t13-,14?,15?/m1/s1. The molecule has 3 aromatic rings. The van der Waals surface area contributed by atoms with E-state index in [9.17, 15) is 9.59 Å². The molecule has 2 unspecified atom stereocenters.